The smallest absolute Gasteiger partial charge is 0.266 e. The second kappa shape index (κ2) is 4.39. The summed E-state index contributed by atoms with van der Waals surface area (Å²) >= 11 is 0. The third-order valence-electron chi connectivity index (χ3n) is 3.29. The zero-order valence-corrected chi connectivity index (χ0v) is 11.0. The Hall–Kier alpha value is -2.36. The summed E-state index contributed by atoms with van der Waals surface area (Å²) in [5.41, 5.74) is 2.44. The molecule has 0 N–H and O–H groups in total. The number of fused-ring (bicyclic) bond motifs is 1. The molecule has 0 aliphatic carbocycles. The summed E-state index contributed by atoms with van der Waals surface area (Å²) in [6, 6.07) is 11.6. The van der Waals surface area contributed by atoms with E-state index in [1.807, 2.05) is 56.4 Å². The van der Waals surface area contributed by atoms with Gasteiger partial charge >= 0.3 is 0 Å². The first-order valence-corrected chi connectivity index (χ1v) is 6.37. The van der Waals surface area contributed by atoms with Gasteiger partial charge in [0, 0.05) is 12.6 Å². The van der Waals surface area contributed by atoms with Crippen molar-refractivity contribution in [3.8, 4) is 5.69 Å². The third kappa shape index (κ3) is 1.76. The molecule has 3 aromatic rings. The van der Waals surface area contributed by atoms with Gasteiger partial charge in [-0.1, -0.05) is 25.1 Å². The fraction of sp³-hybridized carbons (Fsp3) is 0.200. The Kier molecular flexibility index (Phi) is 2.71. The van der Waals surface area contributed by atoms with Crippen LogP contribution in [0.3, 0.4) is 0 Å². The maximum Gasteiger partial charge on any atom is 0.282 e. The van der Waals surface area contributed by atoms with E-state index < -0.39 is 0 Å². The molecule has 0 aliphatic rings. The van der Waals surface area contributed by atoms with E-state index in [1.165, 1.54) is 0 Å². The fourth-order valence-electron chi connectivity index (χ4n) is 2.33. The number of benzene rings is 1. The summed E-state index contributed by atoms with van der Waals surface area (Å²) in [5.74, 6) is 0.763. The maximum absolute atomic E-state index is 12.7. The Balaban J connectivity index is 2.43. The first kappa shape index (κ1) is 11.7. The van der Waals surface area contributed by atoms with E-state index in [2.05, 4.69) is 5.10 Å². The zero-order chi connectivity index (χ0) is 13.4. The highest BCUT2D eigenvalue weighted by Gasteiger charge is 2.13. The second-order valence-corrected chi connectivity index (χ2v) is 4.54. The molecule has 1 aromatic carbocycles. The highest BCUT2D eigenvalue weighted by molar-refractivity contribution is 5.54. The van der Waals surface area contributed by atoms with Gasteiger partial charge in [0.05, 0.1) is 5.69 Å². The standard InChI is InChI=1S/C15H15N3O/c1-3-13-16-17-10-9-11(2)14(17)15(19)18(13)12-7-5-4-6-8-12/h4-10H,3H2,1-2H3. The maximum atomic E-state index is 12.7. The number of nitrogens with zero attached hydrogens (tertiary/aromatic N) is 3. The molecular formula is C15H15N3O. The van der Waals surface area contributed by atoms with Crippen LogP contribution in [-0.4, -0.2) is 14.2 Å². The molecule has 0 spiro atoms. The van der Waals surface area contributed by atoms with Crippen LogP contribution in [0.2, 0.25) is 0 Å². The van der Waals surface area contributed by atoms with Crippen molar-refractivity contribution in [1.29, 1.82) is 0 Å². The Morgan fingerprint density at radius 3 is 2.58 bits per heavy atom. The van der Waals surface area contributed by atoms with Crippen LogP contribution in [0.25, 0.3) is 11.2 Å². The lowest BCUT2D eigenvalue weighted by atomic mass is 10.3. The number of hydrogen-bond donors (Lipinski definition) is 0. The lowest BCUT2D eigenvalue weighted by Gasteiger charge is -2.11. The summed E-state index contributed by atoms with van der Waals surface area (Å²) in [6.07, 6.45) is 2.54. The molecule has 4 heteroatoms. The molecule has 0 saturated heterocycles. The Bertz CT molecular complexity index is 784. The van der Waals surface area contributed by atoms with Gasteiger partial charge in [0.25, 0.3) is 5.56 Å². The van der Waals surface area contributed by atoms with Gasteiger partial charge in [-0.15, -0.1) is 0 Å². The molecule has 2 heterocycles. The molecule has 0 bridgehead atoms. The van der Waals surface area contributed by atoms with E-state index in [0.29, 0.717) is 11.9 Å². The lowest BCUT2D eigenvalue weighted by molar-refractivity contribution is 0.738. The number of para-hydroxylation sites is 1. The molecule has 19 heavy (non-hydrogen) atoms. The Labute approximate surface area is 110 Å². The van der Waals surface area contributed by atoms with Crippen molar-refractivity contribution in [1.82, 2.24) is 14.2 Å². The van der Waals surface area contributed by atoms with E-state index >= 15 is 0 Å². The highest BCUT2D eigenvalue weighted by Crippen LogP contribution is 2.11. The van der Waals surface area contributed by atoms with Crippen molar-refractivity contribution in [2.75, 3.05) is 0 Å². The van der Waals surface area contributed by atoms with Gasteiger partial charge in [-0.05, 0) is 30.7 Å². The van der Waals surface area contributed by atoms with Crippen molar-refractivity contribution >= 4 is 5.52 Å². The molecule has 2 aromatic heterocycles. The number of hydrogen-bond acceptors (Lipinski definition) is 2. The first-order valence-electron chi connectivity index (χ1n) is 6.37. The SMILES string of the molecule is CCc1nn2ccc(C)c2c(=O)n1-c1ccccc1. The highest BCUT2D eigenvalue weighted by atomic mass is 16.1. The summed E-state index contributed by atoms with van der Waals surface area (Å²) < 4.78 is 3.37. The van der Waals surface area contributed by atoms with Gasteiger partial charge in [-0.2, -0.15) is 5.10 Å². The van der Waals surface area contributed by atoms with E-state index in [0.717, 1.165) is 17.1 Å². The number of aromatic nitrogens is 3. The van der Waals surface area contributed by atoms with Crippen LogP contribution in [0.4, 0.5) is 0 Å². The van der Waals surface area contributed by atoms with Crippen LogP contribution in [0.5, 0.6) is 0 Å². The van der Waals surface area contributed by atoms with Gasteiger partial charge in [0.15, 0.2) is 0 Å². The molecule has 0 aliphatic heterocycles. The number of aryl methyl sites for hydroxylation is 2. The monoisotopic (exact) mass is 253 g/mol. The van der Waals surface area contributed by atoms with Gasteiger partial charge in [-0.3, -0.25) is 9.36 Å². The van der Waals surface area contributed by atoms with Gasteiger partial charge in [-0.25, -0.2) is 4.52 Å². The molecule has 3 rings (SSSR count). The molecule has 4 nitrogen and oxygen atoms in total. The van der Waals surface area contributed by atoms with E-state index in [9.17, 15) is 4.79 Å². The van der Waals surface area contributed by atoms with Gasteiger partial charge in [0.1, 0.15) is 11.3 Å². The largest absolute Gasteiger partial charge is 0.282 e. The molecule has 0 atom stereocenters. The predicted octanol–water partition coefficient (Wildman–Crippen LogP) is 2.36. The molecule has 0 amide bonds. The van der Waals surface area contributed by atoms with Crippen LogP contribution in [0, 0.1) is 6.92 Å². The zero-order valence-electron chi connectivity index (χ0n) is 11.0. The molecule has 0 radical (unpaired) electrons. The van der Waals surface area contributed by atoms with Crippen LogP contribution in [0.15, 0.2) is 47.4 Å². The minimum Gasteiger partial charge on any atom is -0.266 e. The van der Waals surface area contributed by atoms with E-state index in [-0.39, 0.29) is 5.56 Å². The lowest BCUT2D eigenvalue weighted by Crippen LogP contribution is -2.26. The van der Waals surface area contributed by atoms with Crippen molar-refractivity contribution < 1.29 is 0 Å². The van der Waals surface area contributed by atoms with Crippen molar-refractivity contribution in [2.45, 2.75) is 20.3 Å². The van der Waals surface area contributed by atoms with Crippen molar-refractivity contribution in [2.24, 2.45) is 0 Å². The van der Waals surface area contributed by atoms with Crippen LogP contribution in [-0.2, 0) is 6.42 Å². The molecule has 0 saturated carbocycles. The average molecular weight is 253 g/mol. The number of rotatable bonds is 2. The van der Waals surface area contributed by atoms with E-state index in [1.54, 1.807) is 9.08 Å². The summed E-state index contributed by atoms with van der Waals surface area (Å²) in [6.45, 7) is 3.93. The third-order valence-corrected chi connectivity index (χ3v) is 3.29. The van der Waals surface area contributed by atoms with Gasteiger partial charge in [0.2, 0.25) is 0 Å². The average Bonchev–Trinajstić information content (AvgIpc) is 2.81. The van der Waals surface area contributed by atoms with Crippen LogP contribution < -0.4 is 5.56 Å². The molecule has 0 unspecified atom stereocenters. The fourth-order valence-corrected chi connectivity index (χ4v) is 2.33. The minimum absolute atomic E-state index is 0.0134. The second-order valence-electron chi connectivity index (χ2n) is 4.54. The quantitative estimate of drug-likeness (QED) is 0.703. The summed E-state index contributed by atoms with van der Waals surface area (Å²) in [4.78, 5) is 12.7. The van der Waals surface area contributed by atoms with Gasteiger partial charge < -0.3 is 0 Å². The molecular weight excluding hydrogens is 238 g/mol. The summed E-state index contributed by atoms with van der Waals surface area (Å²) in [5, 5.41) is 4.53. The van der Waals surface area contributed by atoms with E-state index in [4.69, 9.17) is 0 Å². The van der Waals surface area contributed by atoms with Crippen LogP contribution in [0.1, 0.15) is 18.3 Å². The van der Waals surface area contributed by atoms with Crippen molar-refractivity contribution in [3.63, 3.8) is 0 Å². The molecule has 0 fully saturated rings. The Morgan fingerprint density at radius 2 is 1.89 bits per heavy atom. The Morgan fingerprint density at radius 1 is 1.16 bits per heavy atom. The summed E-state index contributed by atoms with van der Waals surface area (Å²) in [7, 11) is 0. The van der Waals surface area contributed by atoms with Crippen LogP contribution >= 0.6 is 0 Å². The van der Waals surface area contributed by atoms with Crippen molar-refractivity contribution in [3.05, 3.63) is 64.3 Å². The predicted molar refractivity (Wildman–Crippen MR) is 74.9 cm³/mol. The molecule has 96 valence electrons. The normalized spacial score (nSPS) is 11.1. The minimum atomic E-state index is -0.0134. The first-order chi connectivity index (χ1) is 9.22. The topological polar surface area (TPSA) is 39.3 Å².